The van der Waals surface area contributed by atoms with Gasteiger partial charge >= 0.3 is 0 Å². The minimum atomic E-state index is 0.306. The van der Waals surface area contributed by atoms with Crippen LogP contribution in [0.3, 0.4) is 0 Å². The van der Waals surface area contributed by atoms with E-state index in [0.717, 1.165) is 35.5 Å². The number of ether oxygens (including phenoxy) is 2. The van der Waals surface area contributed by atoms with Crippen molar-refractivity contribution in [2.75, 3.05) is 13.3 Å². The molecule has 1 saturated carbocycles. The Hall–Kier alpha value is -1.75. The minimum absolute atomic E-state index is 0.306. The molecule has 0 bridgehead atoms. The highest BCUT2D eigenvalue weighted by Gasteiger charge is 2.27. The van der Waals surface area contributed by atoms with Gasteiger partial charge in [-0.3, -0.25) is 0 Å². The van der Waals surface area contributed by atoms with Gasteiger partial charge in [0.15, 0.2) is 11.5 Å². The summed E-state index contributed by atoms with van der Waals surface area (Å²) in [5, 5.41) is 0. The number of aryl methyl sites for hydroxylation is 1. The first kappa shape index (κ1) is 12.0. The van der Waals surface area contributed by atoms with E-state index in [-0.39, 0.29) is 0 Å². The van der Waals surface area contributed by atoms with Crippen LogP contribution in [0.5, 0.6) is 11.5 Å². The molecule has 106 valence electrons. The average molecular weight is 273 g/mol. The molecule has 0 unspecified atom stereocenters. The van der Waals surface area contributed by atoms with Crippen LogP contribution in [0.15, 0.2) is 12.1 Å². The SMILES string of the molecule is NCCCn1c(C2CCC2)nc2cc3c(cc21)OCO3. The van der Waals surface area contributed by atoms with Crippen LogP contribution in [-0.4, -0.2) is 22.9 Å². The highest BCUT2D eigenvalue weighted by Crippen LogP contribution is 2.40. The quantitative estimate of drug-likeness (QED) is 0.929. The van der Waals surface area contributed by atoms with Gasteiger partial charge in [0, 0.05) is 24.6 Å². The van der Waals surface area contributed by atoms with Crippen LogP contribution in [0.25, 0.3) is 11.0 Å². The third-order valence-corrected chi connectivity index (χ3v) is 4.33. The maximum atomic E-state index is 5.67. The van der Waals surface area contributed by atoms with E-state index < -0.39 is 0 Å². The third-order valence-electron chi connectivity index (χ3n) is 4.33. The van der Waals surface area contributed by atoms with Gasteiger partial charge in [-0.25, -0.2) is 4.98 Å². The zero-order valence-corrected chi connectivity index (χ0v) is 11.5. The van der Waals surface area contributed by atoms with E-state index in [1.807, 2.05) is 6.07 Å². The minimum Gasteiger partial charge on any atom is -0.454 e. The van der Waals surface area contributed by atoms with Gasteiger partial charge in [-0.05, 0) is 25.8 Å². The molecule has 1 aromatic carbocycles. The van der Waals surface area contributed by atoms with Crippen molar-refractivity contribution in [3.8, 4) is 11.5 Å². The monoisotopic (exact) mass is 273 g/mol. The predicted molar refractivity (Wildman–Crippen MR) is 76.1 cm³/mol. The zero-order valence-electron chi connectivity index (χ0n) is 11.5. The molecule has 5 heteroatoms. The van der Waals surface area contributed by atoms with E-state index >= 15 is 0 Å². The highest BCUT2D eigenvalue weighted by molar-refractivity contribution is 5.81. The molecule has 0 amide bonds. The average Bonchev–Trinajstić information content (AvgIpc) is 2.95. The molecule has 2 N–H and O–H groups in total. The molecular formula is C15H19N3O2. The van der Waals surface area contributed by atoms with Gasteiger partial charge in [0.25, 0.3) is 0 Å². The topological polar surface area (TPSA) is 62.3 Å². The summed E-state index contributed by atoms with van der Waals surface area (Å²) >= 11 is 0. The van der Waals surface area contributed by atoms with Crippen LogP contribution in [-0.2, 0) is 6.54 Å². The molecule has 1 fully saturated rings. The Morgan fingerprint density at radius 2 is 2.05 bits per heavy atom. The molecular weight excluding hydrogens is 254 g/mol. The molecule has 20 heavy (non-hydrogen) atoms. The normalized spacial score (nSPS) is 17.6. The molecule has 0 radical (unpaired) electrons. The molecule has 1 aliphatic heterocycles. The van der Waals surface area contributed by atoms with Crippen LogP contribution in [0.1, 0.15) is 37.4 Å². The van der Waals surface area contributed by atoms with Gasteiger partial charge in [0.1, 0.15) is 5.82 Å². The van der Waals surface area contributed by atoms with Crippen LogP contribution < -0.4 is 15.2 Å². The fourth-order valence-corrected chi connectivity index (χ4v) is 3.00. The Morgan fingerprint density at radius 1 is 1.25 bits per heavy atom. The maximum Gasteiger partial charge on any atom is 0.231 e. The number of rotatable bonds is 4. The number of fused-ring (bicyclic) bond motifs is 2. The summed E-state index contributed by atoms with van der Waals surface area (Å²) < 4.78 is 13.3. The fraction of sp³-hybridized carbons (Fsp3) is 0.533. The molecule has 4 rings (SSSR count). The molecule has 2 heterocycles. The smallest absolute Gasteiger partial charge is 0.231 e. The Labute approximate surface area is 117 Å². The largest absolute Gasteiger partial charge is 0.454 e. The lowest BCUT2D eigenvalue weighted by atomic mass is 9.85. The first-order chi connectivity index (χ1) is 9.86. The van der Waals surface area contributed by atoms with Crippen molar-refractivity contribution in [2.45, 2.75) is 38.1 Å². The lowest BCUT2D eigenvalue weighted by Gasteiger charge is -2.25. The van der Waals surface area contributed by atoms with Crippen LogP contribution in [0, 0.1) is 0 Å². The summed E-state index contributed by atoms with van der Waals surface area (Å²) in [6, 6.07) is 4.06. The van der Waals surface area contributed by atoms with Crippen LogP contribution >= 0.6 is 0 Å². The predicted octanol–water partition coefficient (Wildman–Crippen LogP) is 2.38. The molecule has 2 aliphatic rings. The summed E-state index contributed by atoms with van der Waals surface area (Å²) in [7, 11) is 0. The van der Waals surface area contributed by atoms with Crippen molar-refractivity contribution in [3.05, 3.63) is 18.0 Å². The summed E-state index contributed by atoms with van der Waals surface area (Å²) in [6.45, 7) is 1.94. The molecule has 0 saturated heterocycles. The third kappa shape index (κ3) is 1.77. The van der Waals surface area contributed by atoms with Crippen LogP contribution in [0.2, 0.25) is 0 Å². The number of aromatic nitrogens is 2. The fourth-order valence-electron chi connectivity index (χ4n) is 3.00. The summed E-state index contributed by atoms with van der Waals surface area (Å²) in [5.41, 5.74) is 7.82. The second kappa shape index (κ2) is 4.66. The Balaban J connectivity index is 1.83. The highest BCUT2D eigenvalue weighted by atomic mass is 16.7. The second-order valence-electron chi connectivity index (χ2n) is 5.59. The lowest BCUT2D eigenvalue weighted by Crippen LogP contribution is -2.16. The van der Waals surface area contributed by atoms with E-state index in [1.54, 1.807) is 0 Å². The van der Waals surface area contributed by atoms with E-state index in [2.05, 4.69) is 10.6 Å². The van der Waals surface area contributed by atoms with Crippen molar-refractivity contribution < 1.29 is 9.47 Å². The van der Waals surface area contributed by atoms with Gasteiger partial charge in [-0.2, -0.15) is 0 Å². The Bertz CT molecular complexity index is 646. The van der Waals surface area contributed by atoms with Crippen molar-refractivity contribution in [2.24, 2.45) is 5.73 Å². The Kier molecular flexibility index (Phi) is 2.80. The first-order valence-corrected chi connectivity index (χ1v) is 7.36. The molecule has 1 aromatic heterocycles. The standard InChI is InChI=1S/C15H19N3O2/c16-5-2-6-18-12-8-14-13(19-9-20-14)7-11(12)17-15(18)10-3-1-4-10/h7-8,10H,1-6,9,16H2. The molecule has 5 nitrogen and oxygen atoms in total. The first-order valence-electron chi connectivity index (χ1n) is 7.36. The Morgan fingerprint density at radius 3 is 2.75 bits per heavy atom. The summed E-state index contributed by atoms with van der Waals surface area (Å²) in [4.78, 5) is 4.85. The van der Waals surface area contributed by atoms with E-state index in [4.69, 9.17) is 20.2 Å². The molecule has 0 atom stereocenters. The van der Waals surface area contributed by atoms with Gasteiger partial charge in [0.05, 0.1) is 11.0 Å². The van der Waals surface area contributed by atoms with Crippen LogP contribution in [0.4, 0.5) is 0 Å². The maximum absolute atomic E-state index is 5.67. The molecule has 2 aromatic rings. The lowest BCUT2D eigenvalue weighted by molar-refractivity contribution is 0.174. The molecule has 0 spiro atoms. The number of nitrogens with zero attached hydrogens (tertiary/aromatic N) is 2. The van der Waals surface area contributed by atoms with E-state index in [0.29, 0.717) is 19.3 Å². The van der Waals surface area contributed by atoms with Crippen molar-refractivity contribution >= 4 is 11.0 Å². The zero-order chi connectivity index (χ0) is 13.5. The van der Waals surface area contributed by atoms with Crippen molar-refractivity contribution in [1.29, 1.82) is 0 Å². The van der Waals surface area contributed by atoms with Gasteiger partial charge in [-0.1, -0.05) is 6.42 Å². The number of nitrogens with two attached hydrogens (primary N) is 1. The number of imidazole rings is 1. The summed E-state index contributed by atoms with van der Waals surface area (Å²) in [6.07, 6.45) is 4.78. The second-order valence-corrected chi connectivity index (χ2v) is 5.59. The van der Waals surface area contributed by atoms with Crippen molar-refractivity contribution in [3.63, 3.8) is 0 Å². The summed E-state index contributed by atoms with van der Waals surface area (Å²) in [5.74, 6) is 3.45. The number of hydrogen-bond acceptors (Lipinski definition) is 4. The van der Waals surface area contributed by atoms with Gasteiger partial charge in [0.2, 0.25) is 6.79 Å². The van der Waals surface area contributed by atoms with Gasteiger partial charge < -0.3 is 19.8 Å². The van der Waals surface area contributed by atoms with Gasteiger partial charge in [-0.15, -0.1) is 0 Å². The molecule has 1 aliphatic carbocycles. The number of benzene rings is 1. The van der Waals surface area contributed by atoms with Crippen molar-refractivity contribution in [1.82, 2.24) is 9.55 Å². The van der Waals surface area contributed by atoms with E-state index in [1.165, 1.54) is 25.1 Å². The van der Waals surface area contributed by atoms with E-state index in [9.17, 15) is 0 Å². The number of hydrogen-bond donors (Lipinski definition) is 1.